The van der Waals surface area contributed by atoms with Crippen LogP contribution in [0.3, 0.4) is 0 Å². The molecule has 2 unspecified atom stereocenters. The first-order valence-corrected chi connectivity index (χ1v) is 8.51. The molecule has 0 radical (unpaired) electrons. The third-order valence-electron chi connectivity index (χ3n) is 2.80. The van der Waals surface area contributed by atoms with Crippen LogP contribution in [0.4, 0.5) is 5.13 Å². The Bertz CT molecular complexity index is 411. The van der Waals surface area contributed by atoms with Crippen molar-refractivity contribution in [3.8, 4) is 0 Å². The molecule has 0 amide bonds. The van der Waals surface area contributed by atoms with Crippen LogP contribution in [0, 0.1) is 0 Å². The second kappa shape index (κ2) is 7.59. The van der Waals surface area contributed by atoms with Crippen molar-refractivity contribution in [2.24, 2.45) is 0 Å². The van der Waals surface area contributed by atoms with Crippen LogP contribution >= 0.6 is 23.1 Å². The molecule has 0 spiro atoms. The summed E-state index contributed by atoms with van der Waals surface area (Å²) in [4.78, 5) is 1.96. The fourth-order valence-corrected chi connectivity index (χ4v) is 4.44. The predicted molar refractivity (Wildman–Crippen MR) is 87.9 cm³/mol. The third-order valence-corrected chi connectivity index (χ3v) is 5.08. The second-order valence-electron chi connectivity index (χ2n) is 5.90. The third kappa shape index (κ3) is 5.55. The number of anilines is 1. The van der Waals surface area contributed by atoms with E-state index in [2.05, 4.69) is 43.2 Å². The molecule has 0 saturated carbocycles. The Balaban J connectivity index is 2.58. The average Bonchev–Trinajstić information content (AvgIpc) is 2.76. The molecule has 0 aromatic carbocycles. The smallest absolute Gasteiger partial charge is 0.208 e. The average molecular weight is 319 g/mol. The molecule has 0 saturated heterocycles. The van der Waals surface area contributed by atoms with Gasteiger partial charge in [0.05, 0.1) is 6.61 Å². The van der Waals surface area contributed by atoms with E-state index in [0.29, 0.717) is 11.3 Å². The fraction of sp³-hybridized carbons (Fsp3) is 0.846. The molecule has 5 nitrogen and oxygen atoms in total. The van der Waals surface area contributed by atoms with Gasteiger partial charge in [-0.15, -0.1) is 10.2 Å². The summed E-state index contributed by atoms with van der Waals surface area (Å²) in [5.41, 5.74) is -0.254. The lowest BCUT2D eigenvalue weighted by molar-refractivity contribution is 0.157. The zero-order valence-corrected chi connectivity index (χ0v) is 14.8. The van der Waals surface area contributed by atoms with Crippen molar-refractivity contribution in [2.45, 2.75) is 55.3 Å². The molecule has 1 aromatic rings. The Hall–Kier alpha value is -0.370. The molecule has 1 aromatic heterocycles. The summed E-state index contributed by atoms with van der Waals surface area (Å²) in [5, 5.41) is 22.7. The topological polar surface area (TPSA) is 61.3 Å². The Kier molecular flexibility index (Phi) is 6.71. The minimum atomic E-state index is -0.254. The van der Waals surface area contributed by atoms with Gasteiger partial charge < -0.3 is 15.3 Å². The lowest BCUT2D eigenvalue weighted by Gasteiger charge is -2.33. The van der Waals surface area contributed by atoms with Crippen LogP contribution in [0.5, 0.6) is 0 Å². The van der Waals surface area contributed by atoms with E-state index in [1.165, 1.54) is 0 Å². The highest BCUT2D eigenvalue weighted by molar-refractivity contribution is 8.01. The highest BCUT2D eigenvalue weighted by Gasteiger charge is 2.27. The lowest BCUT2D eigenvalue weighted by Crippen LogP contribution is -2.50. The van der Waals surface area contributed by atoms with E-state index in [-0.39, 0.29) is 12.1 Å². The predicted octanol–water partition coefficient (Wildman–Crippen LogP) is 2.22. The highest BCUT2D eigenvalue weighted by Crippen LogP contribution is 2.33. The van der Waals surface area contributed by atoms with Gasteiger partial charge in [-0.3, -0.25) is 0 Å². The van der Waals surface area contributed by atoms with Crippen molar-refractivity contribution in [3.63, 3.8) is 0 Å². The van der Waals surface area contributed by atoms with Gasteiger partial charge in [0.25, 0.3) is 0 Å². The zero-order valence-electron chi connectivity index (χ0n) is 13.2. The molecule has 20 heavy (non-hydrogen) atoms. The standard InChI is InChI=1S/C13H26N4OS2/c1-9(2)14-13(4,8-18)7-10(3)19-12-16-15-11(20-12)17(5)6/h9-10,14,18H,7-8H2,1-6H3. The van der Waals surface area contributed by atoms with Crippen molar-refractivity contribution in [1.29, 1.82) is 0 Å². The van der Waals surface area contributed by atoms with Crippen LogP contribution in [-0.2, 0) is 0 Å². The van der Waals surface area contributed by atoms with Gasteiger partial charge in [0, 0.05) is 30.9 Å². The SMILES string of the molecule is CC(C)NC(C)(CO)CC(C)Sc1nnc(N(C)C)s1. The van der Waals surface area contributed by atoms with Crippen LogP contribution in [0.25, 0.3) is 0 Å². The minimum Gasteiger partial charge on any atom is -0.394 e. The van der Waals surface area contributed by atoms with Gasteiger partial charge in [-0.25, -0.2) is 0 Å². The van der Waals surface area contributed by atoms with Gasteiger partial charge in [-0.05, 0) is 13.3 Å². The van der Waals surface area contributed by atoms with Crippen molar-refractivity contribution in [3.05, 3.63) is 0 Å². The highest BCUT2D eigenvalue weighted by atomic mass is 32.2. The molecule has 0 fully saturated rings. The molecule has 116 valence electrons. The number of aliphatic hydroxyl groups is 1. The summed E-state index contributed by atoms with van der Waals surface area (Å²) in [5.74, 6) is 0. The maximum Gasteiger partial charge on any atom is 0.208 e. The van der Waals surface area contributed by atoms with Crippen LogP contribution < -0.4 is 10.2 Å². The number of hydrogen-bond donors (Lipinski definition) is 2. The fourth-order valence-electron chi connectivity index (χ4n) is 2.15. The van der Waals surface area contributed by atoms with Gasteiger partial charge in [0.2, 0.25) is 5.13 Å². The number of hydrogen-bond acceptors (Lipinski definition) is 7. The monoisotopic (exact) mass is 318 g/mol. The van der Waals surface area contributed by atoms with Crippen LogP contribution in [0.1, 0.15) is 34.1 Å². The minimum absolute atomic E-state index is 0.134. The van der Waals surface area contributed by atoms with E-state index in [0.717, 1.165) is 15.9 Å². The largest absolute Gasteiger partial charge is 0.394 e. The first kappa shape index (κ1) is 17.7. The number of rotatable bonds is 8. The zero-order chi connectivity index (χ0) is 15.3. The van der Waals surface area contributed by atoms with Gasteiger partial charge in [-0.2, -0.15) is 0 Å². The van der Waals surface area contributed by atoms with Gasteiger partial charge in [0.1, 0.15) is 0 Å². The Morgan fingerprint density at radius 3 is 2.45 bits per heavy atom. The molecule has 1 heterocycles. The number of aromatic nitrogens is 2. The molecule has 0 aliphatic heterocycles. The van der Waals surface area contributed by atoms with Crippen LogP contribution in [-0.4, -0.2) is 52.8 Å². The van der Waals surface area contributed by atoms with E-state index in [1.54, 1.807) is 23.1 Å². The molecule has 2 N–H and O–H groups in total. The summed E-state index contributed by atoms with van der Waals surface area (Å²) in [6.45, 7) is 8.56. The Morgan fingerprint density at radius 1 is 1.35 bits per heavy atom. The molecule has 0 aliphatic carbocycles. The van der Waals surface area contributed by atoms with Crippen molar-refractivity contribution < 1.29 is 5.11 Å². The van der Waals surface area contributed by atoms with E-state index < -0.39 is 0 Å². The Labute approximate surface area is 130 Å². The molecule has 7 heteroatoms. The van der Waals surface area contributed by atoms with E-state index >= 15 is 0 Å². The van der Waals surface area contributed by atoms with Crippen LogP contribution in [0.2, 0.25) is 0 Å². The maximum absolute atomic E-state index is 9.62. The first-order chi connectivity index (χ1) is 9.25. The molecular formula is C13H26N4OS2. The van der Waals surface area contributed by atoms with E-state index in [1.807, 2.05) is 19.0 Å². The summed E-state index contributed by atoms with van der Waals surface area (Å²) in [6, 6.07) is 0.353. The number of nitrogens with zero attached hydrogens (tertiary/aromatic N) is 3. The summed E-state index contributed by atoms with van der Waals surface area (Å²) >= 11 is 3.32. The van der Waals surface area contributed by atoms with Gasteiger partial charge in [0.15, 0.2) is 4.34 Å². The van der Waals surface area contributed by atoms with Crippen LogP contribution in [0.15, 0.2) is 4.34 Å². The summed E-state index contributed by atoms with van der Waals surface area (Å²) < 4.78 is 0.978. The van der Waals surface area contributed by atoms with Crippen molar-refractivity contribution in [2.75, 3.05) is 25.6 Å². The second-order valence-corrected chi connectivity index (χ2v) is 8.54. The van der Waals surface area contributed by atoms with Crippen molar-refractivity contribution in [1.82, 2.24) is 15.5 Å². The van der Waals surface area contributed by atoms with Gasteiger partial charge in [-0.1, -0.05) is 43.9 Å². The van der Waals surface area contributed by atoms with Crippen molar-refractivity contribution >= 4 is 28.2 Å². The summed E-state index contributed by atoms with van der Waals surface area (Å²) in [7, 11) is 3.93. The Morgan fingerprint density at radius 2 is 2.00 bits per heavy atom. The molecule has 1 rings (SSSR count). The van der Waals surface area contributed by atoms with Gasteiger partial charge >= 0.3 is 0 Å². The van der Waals surface area contributed by atoms with E-state index in [9.17, 15) is 5.11 Å². The quantitative estimate of drug-likeness (QED) is 0.717. The molecule has 0 aliphatic rings. The van der Waals surface area contributed by atoms with E-state index in [4.69, 9.17) is 0 Å². The molecule has 2 atom stereocenters. The first-order valence-electron chi connectivity index (χ1n) is 6.82. The normalized spacial score (nSPS) is 16.2. The number of thioether (sulfide) groups is 1. The molecular weight excluding hydrogens is 292 g/mol. The number of nitrogens with one attached hydrogen (secondary N) is 1. The number of aliphatic hydroxyl groups excluding tert-OH is 1. The summed E-state index contributed by atoms with van der Waals surface area (Å²) in [6.07, 6.45) is 0.878. The molecule has 0 bridgehead atoms. The lowest BCUT2D eigenvalue weighted by atomic mass is 9.96. The maximum atomic E-state index is 9.62.